The zero-order valence-electron chi connectivity index (χ0n) is 15.7. The normalized spacial score (nSPS) is 14.6. The molecule has 150 valence electrons. The monoisotopic (exact) mass is 414 g/mol. The van der Waals surface area contributed by atoms with Crippen LogP contribution >= 0.6 is 11.6 Å². The molecule has 8 heteroatoms. The number of esters is 1. The second-order valence-electron chi connectivity index (χ2n) is 6.59. The molecule has 1 N–H and O–H groups in total. The standard InChI is InChI=1S/C21H19ClN2O5/c1-13(14-5-7-16(22)8-6-14)23-18(25)12-29-21(28)15-3-2-4-17(11-15)24-19(26)9-10-20(24)27/h2-8,11,13H,9-10,12H2,1H3,(H,23,25)/t13-/m1/s1. The maximum absolute atomic E-state index is 12.3. The smallest absolute Gasteiger partial charge is 0.338 e. The van der Waals surface area contributed by atoms with Crippen LogP contribution in [0.5, 0.6) is 0 Å². The van der Waals surface area contributed by atoms with Gasteiger partial charge in [-0.2, -0.15) is 0 Å². The van der Waals surface area contributed by atoms with Crippen molar-refractivity contribution in [1.29, 1.82) is 0 Å². The molecule has 7 nitrogen and oxygen atoms in total. The average molecular weight is 415 g/mol. The molecule has 0 spiro atoms. The number of nitrogens with one attached hydrogen (secondary N) is 1. The third-order valence-electron chi connectivity index (χ3n) is 4.47. The molecule has 1 aliphatic rings. The predicted octanol–water partition coefficient (Wildman–Crippen LogP) is 3.03. The average Bonchev–Trinajstić information content (AvgIpc) is 3.04. The molecule has 0 radical (unpaired) electrons. The maximum atomic E-state index is 12.3. The van der Waals surface area contributed by atoms with E-state index in [9.17, 15) is 19.2 Å². The lowest BCUT2D eigenvalue weighted by molar-refractivity contribution is -0.125. The van der Waals surface area contributed by atoms with Gasteiger partial charge in [-0.25, -0.2) is 4.79 Å². The number of amides is 3. The van der Waals surface area contributed by atoms with Gasteiger partial charge < -0.3 is 10.1 Å². The number of carbonyl (C=O) groups is 4. The maximum Gasteiger partial charge on any atom is 0.338 e. The summed E-state index contributed by atoms with van der Waals surface area (Å²) < 4.78 is 5.06. The summed E-state index contributed by atoms with van der Waals surface area (Å²) in [6, 6.07) is 12.8. The Morgan fingerprint density at radius 1 is 1.10 bits per heavy atom. The number of nitrogens with zero attached hydrogens (tertiary/aromatic N) is 1. The van der Waals surface area contributed by atoms with Crippen molar-refractivity contribution < 1.29 is 23.9 Å². The van der Waals surface area contributed by atoms with Gasteiger partial charge in [-0.3, -0.25) is 19.3 Å². The highest BCUT2D eigenvalue weighted by Gasteiger charge is 2.30. The highest BCUT2D eigenvalue weighted by Crippen LogP contribution is 2.23. The Kier molecular flexibility index (Phi) is 6.29. The van der Waals surface area contributed by atoms with Gasteiger partial charge in [0.1, 0.15) is 0 Å². The zero-order chi connectivity index (χ0) is 21.0. The topological polar surface area (TPSA) is 92.8 Å². The first-order valence-electron chi connectivity index (χ1n) is 9.03. The van der Waals surface area contributed by atoms with Crippen LogP contribution in [0.4, 0.5) is 5.69 Å². The molecule has 1 atom stereocenters. The third kappa shape index (κ3) is 5.00. The predicted molar refractivity (Wildman–Crippen MR) is 106 cm³/mol. The summed E-state index contributed by atoms with van der Waals surface area (Å²) in [5.41, 5.74) is 1.32. The van der Waals surface area contributed by atoms with E-state index < -0.39 is 18.5 Å². The molecule has 0 aromatic heterocycles. The molecule has 3 amide bonds. The van der Waals surface area contributed by atoms with Crippen LogP contribution in [0.3, 0.4) is 0 Å². The molecule has 0 bridgehead atoms. The summed E-state index contributed by atoms with van der Waals surface area (Å²) in [6.07, 6.45) is 0.305. The number of anilines is 1. The molecule has 1 fully saturated rings. The Hall–Kier alpha value is -3.19. The Morgan fingerprint density at radius 2 is 1.76 bits per heavy atom. The molecule has 2 aromatic rings. The Labute approximate surface area is 172 Å². The molecular weight excluding hydrogens is 396 g/mol. The van der Waals surface area contributed by atoms with Crippen LogP contribution in [-0.2, 0) is 19.1 Å². The summed E-state index contributed by atoms with van der Waals surface area (Å²) in [5.74, 6) is -1.80. The fourth-order valence-electron chi connectivity index (χ4n) is 2.97. The van der Waals surface area contributed by atoms with Crippen molar-refractivity contribution in [2.75, 3.05) is 11.5 Å². The summed E-state index contributed by atoms with van der Waals surface area (Å²) >= 11 is 5.85. The first kappa shape index (κ1) is 20.5. The molecule has 2 aromatic carbocycles. The van der Waals surface area contributed by atoms with E-state index >= 15 is 0 Å². The summed E-state index contributed by atoms with van der Waals surface area (Å²) in [4.78, 5) is 49.1. The Balaban J connectivity index is 1.57. The van der Waals surface area contributed by atoms with Crippen LogP contribution in [0.2, 0.25) is 5.02 Å². The van der Waals surface area contributed by atoms with Gasteiger partial charge in [-0.1, -0.05) is 29.8 Å². The molecule has 29 heavy (non-hydrogen) atoms. The van der Waals surface area contributed by atoms with Gasteiger partial charge >= 0.3 is 5.97 Å². The second kappa shape index (κ2) is 8.87. The Bertz CT molecular complexity index is 942. The van der Waals surface area contributed by atoms with Crippen LogP contribution in [0, 0.1) is 0 Å². The van der Waals surface area contributed by atoms with Crippen LogP contribution in [0.25, 0.3) is 0 Å². The van der Waals surface area contributed by atoms with Crippen molar-refractivity contribution in [3.63, 3.8) is 0 Å². The van der Waals surface area contributed by atoms with Crippen molar-refractivity contribution in [3.8, 4) is 0 Å². The van der Waals surface area contributed by atoms with Gasteiger partial charge in [0.2, 0.25) is 11.8 Å². The van der Waals surface area contributed by atoms with Crippen LogP contribution in [0.1, 0.15) is 41.7 Å². The molecule has 0 saturated carbocycles. The summed E-state index contributed by atoms with van der Waals surface area (Å²) in [5, 5.41) is 3.33. The molecule has 1 aliphatic heterocycles. The first-order chi connectivity index (χ1) is 13.8. The van der Waals surface area contributed by atoms with Crippen molar-refractivity contribution in [2.45, 2.75) is 25.8 Å². The fraction of sp³-hybridized carbons (Fsp3) is 0.238. The first-order valence-corrected chi connectivity index (χ1v) is 9.41. The van der Waals surface area contributed by atoms with Crippen molar-refractivity contribution in [2.24, 2.45) is 0 Å². The van der Waals surface area contributed by atoms with Crippen LogP contribution < -0.4 is 10.2 Å². The number of ether oxygens (including phenoxy) is 1. The third-order valence-corrected chi connectivity index (χ3v) is 4.73. The van der Waals surface area contributed by atoms with Crippen LogP contribution in [0.15, 0.2) is 48.5 Å². The minimum Gasteiger partial charge on any atom is -0.452 e. The number of halogens is 1. The van der Waals surface area contributed by atoms with E-state index in [0.717, 1.165) is 10.5 Å². The van der Waals surface area contributed by atoms with Gasteiger partial charge in [0, 0.05) is 17.9 Å². The quantitative estimate of drug-likeness (QED) is 0.579. The van der Waals surface area contributed by atoms with Crippen molar-refractivity contribution in [1.82, 2.24) is 5.32 Å². The van der Waals surface area contributed by atoms with Crippen molar-refractivity contribution in [3.05, 3.63) is 64.7 Å². The lowest BCUT2D eigenvalue weighted by atomic mass is 10.1. The van der Waals surface area contributed by atoms with E-state index in [-0.39, 0.29) is 36.3 Å². The second-order valence-corrected chi connectivity index (χ2v) is 7.03. The number of rotatable bonds is 6. The van der Waals surface area contributed by atoms with Gasteiger partial charge in [-0.15, -0.1) is 0 Å². The number of hydrogen-bond donors (Lipinski definition) is 1. The number of carbonyl (C=O) groups excluding carboxylic acids is 4. The van der Waals surface area contributed by atoms with E-state index in [0.29, 0.717) is 10.7 Å². The number of imide groups is 1. The lowest BCUT2D eigenvalue weighted by Crippen LogP contribution is -2.31. The molecule has 1 heterocycles. The van der Waals surface area contributed by atoms with Crippen LogP contribution in [-0.4, -0.2) is 30.3 Å². The lowest BCUT2D eigenvalue weighted by Gasteiger charge is -2.15. The van der Waals surface area contributed by atoms with E-state index in [1.807, 2.05) is 0 Å². The molecule has 0 aliphatic carbocycles. The Morgan fingerprint density at radius 3 is 2.41 bits per heavy atom. The van der Waals surface area contributed by atoms with E-state index in [2.05, 4.69) is 5.32 Å². The van der Waals surface area contributed by atoms with Crippen molar-refractivity contribution >= 4 is 41.0 Å². The summed E-state index contributed by atoms with van der Waals surface area (Å²) in [7, 11) is 0. The minimum atomic E-state index is -0.722. The highest BCUT2D eigenvalue weighted by molar-refractivity contribution is 6.30. The van der Waals surface area contributed by atoms with Gasteiger partial charge in [0.25, 0.3) is 5.91 Å². The van der Waals surface area contributed by atoms with E-state index in [1.54, 1.807) is 43.3 Å². The number of benzene rings is 2. The van der Waals surface area contributed by atoms with Gasteiger partial charge in [0.15, 0.2) is 6.61 Å². The van der Waals surface area contributed by atoms with Gasteiger partial charge in [-0.05, 0) is 42.8 Å². The molecule has 3 rings (SSSR count). The van der Waals surface area contributed by atoms with Gasteiger partial charge in [0.05, 0.1) is 17.3 Å². The molecule has 1 saturated heterocycles. The number of hydrogen-bond acceptors (Lipinski definition) is 5. The SMILES string of the molecule is C[C@@H](NC(=O)COC(=O)c1cccc(N2C(=O)CCC2=O)c1)c1ccc(Cl)cc1. The highest BCUT2D eigenvalue weighted by atomic mass is 35.5. The minimum absolute atomic E-state index is 0.147. The zero-order valence-corrected chi connectivity index (χ0v) is 16.4. The fourth-order valence-corrected chi connectivity index (χ4v) is 3.09. The van der Waals surface area contributed by atoms with E-state index in [4.69, 9.17) is 16.3 Å². The largest absolute Gasteiger partial charge is 0.452 e. The molecular formula is C21H19ClN2O5. The molecule has 0 unspecified atom stereocenters. The summed E-state index contributed by atoms with van der Waals surface area (Å²) in [6.45, 7) is 1.35. The van der Waals surface area contributed by atoms with E-state index in [1.165, 1.54) is 12.1 Å².